The predicted octanol–water partition coefficient (Wildman–Crippen LogP) is 2.25. The van der Waals surface area contributed by atoms with Crippen LogP contribution in [0.15, 0.2) is 48.6 Å². The van der Waals surface area contributed by atoms with E-state index in [0.29, 0.717) is 12.2 Å². The molecule has 0 amide bonds. The van der Waals surface area contributed by atoms with Crippen molar-refractivity contribution in [3.05, 3.63) is 48.6 Å². The van der Waals surface area contributed by atoms with Crippen LogP contribution in [-0.2, 0) is 47.7 Å². The van der Waals surface area contributed by atoms with Gasteiger partial charge in [0.1, 0.15) is 47.1 Å². The second kappa shape index (κ2) is 19.9. The number of ether oxygens (including phenoxy) is 6. The van der Waals surface area contributed by atoms with Crippen LogP contribution in [0.3, 0.4) is 0 Å². The smallest absolute Gasteiger partial charge is 0.331 e. The number of carboxylic acid groups (broad SMARTS) is 2. The standard InChI is InChI=1S/C28H30O14S4/c29-21(30)4-6-23(33)41-19(15-39-25(35)27-43-8-9-44-27)13-37-17-2-1-3-18(12-17)38-14-20(42-24(34)7-5-22(31)32)16-40-26(36)28-45-10-11-46-28/h1-7,12,19-20,27-28H,8-11,13-16H2,(H,29,30)(H,31,32). The number of rotatable bonds is 18. The molecule has 2 N–H and O–H groups in total. The van der Waals surface area contributed by atoms with E-state index in [4.69, 9.17) is 38.6 Å². The van der Waals surface area contributed by atoms with E-state index >= 15 is 0 Å². The molecular formula is C28H30O14S4. The first-order chi connectivity index (χ1) is 22.1. The van der Waals surface area contributed by atoms with Gasteiger partial charge in [-0.05, 0) is 12.1 Å². The molecule has 1 aromatic carbocycles. The van der Waals surface area contributed by atoms with E-state index in [9.17, 15) is 28.8 Å². The first-order valence-electron chi connectivity index (χ1n) is 13.5. The van der Waals surface area contributed by atoms with Gasteiger partial charge in [-0.3, -0.25) is 0 Å². The summed E-state index contributed by atoms with van der Waals surface area (Å²) in [6.45, 7) is -1.20. The number of benzene rings is 1. The molecule has 0 saturated carbocycles. The van der Waals surface area contributed by atoms with Gasteiger partial charge in [-0.25, -0.2) is 28.8 Å². The Morgan fingerprint density at radius 2 is 1.04 bits per heavy atom. The summed E-state index contributed by atoms with van der Waals surface area (Å²) in [6.07, 6.45) is 0.503. The molecule has 2 fully saturated rings. The molecule has 0 aromatic heterocycles. The Morgan fingerprint density at radius 3 is 1.41 bits per heavy atom. The van der Waals surface area contributed by atoms with E-state index in [1.54, 1.807) is 18.2 Å². The number of thioether (sulfide) groups is 4. The Kier molecular flexibility index (Phi) is 16.0. The summed E-state index contributed by atoms with van der Waals surface area (Å²) in [5, 5.41) is 17.5. The number of esters is 4. The SMILES string of the molecule is O=C(O)C=CC(=O)OC(COC(=O)C1SCCS1)COc1cccc(OCC(COC(=O)C2SCCS2)OC(=O)C=CC(=O)O)c1. The molecule has 0 spiro atoms. The molecule has 250 valence electrons. The third kappa shape index (κ3) is 14.3. The lowest BCUT2D eigenvalue weighted by Gasteiger charge is -2.20. The Morgan fingerprint density at radius 1 is 0.652 bits per heavy atom. The number of hydrogen-bond acceptors (Lipinski definition) is 16. The van der Waals surface area contributed by atoms with Crippen molar-refractivity contribution in [2.45, 2.75) is 21.4 Å². The third-order valence-corrected chi connectivity index (χ3v) is 11.3. The minimum absolute atomic E-state index is 0.257. The van der Waals surface area contributed by atoms with Crippen molar-refractivity contribution in [1.82, 2.24) is 0 Å². The Hall–Kier alpha value is -3.48. The fraction of sp³-hybridized carbons (Fsp3) is 0.429. The third-order valence-electron chi connectivity index (χ3n) is 5.42. The second-order valence-corrected chi connectivity index (χ2v) is 14.4. The van der Waals surface area contributed by atoms with Gasteiger partial charge in [0, 0.05) is 53.4 Å². The number of carbonyl (C=O) groups excluding carboxylic acids is 4. The highest BCUT2D eigenvalue weighted by molar-refractivity contribution is 8.21. The molecule has 2 aliphatic rings. The van der Waals surface area contributed by atoms with Gasteiger partial charge in [0.2, 0.25) is 0 Å². The monoisotopic (exact) mass is 718 g/mol. The van der Waals surface area contributed by atoms with Crippen LogP contribution >= 0.6 is 47.0 Å². The molecule has 1 aromatic rings. The van der Waals surface area contributed by atoms with Crippen molar-refractivity contribution in [1.29, 1.82) is 0 Å². The van der Waals surface area contributed by atoms with Gasteiger partial charge in [0.25, 0.3) is 0 Å². The van der Waals surface area contributed by atoms with Crippen molar-refractivity contribution in [2.24, 2.45) is 0 Å². The first-order valence-corrected chi connectivity index (χ1v) is 17.7. The summed E-state index contributed by atoms with van der Waals surface area (Å²) < 4.78 is 31.7. The molecule has 0 radical (unpaired) electrons. The minimum atomic E-state index is -1.35. The predicted molar refractivity (Wildman–Crippen MR) is 170 cm³/mol. The number of carboxylic acids is 2. The first kappa shape index (κ1) is 37.0. The van der Waals surface area contributed by atoms with Crippen molar-refractivity contribution in [3.63, 3.8) is 0 Å². The molecule has 3 rings (SSSR count). The zero-order chi connectivity index (χ0) is 33.3. The van der Waals surface area contributed by atoms with Gasteiger partial charge in [-0.15, -0.1) is 47.0 Å². The molecule has 2 atom stereocenters. The summed E-state index contributed by atoms with van der Waals surface area (Å²) in [5.74, 6) is -1.87. The fourth-order valence-corrected chi connectivity index (χ4v) is 8.56. The largest absolute Gasteiger partial charge is 0.489 e. The summed E-state index contributed by atoms with van der Waals surface area (Å²) in [5.41, 5.74) is 0. The van der Waals surface area contributed by atoms with Crippen LogP contribution < -0.4 is 9.47 Å². The molecule has 0 aliphatic carbocycles. The van der Waals surface area contributed by atoms with E-state index in [2.05, 4.69) is 0 Å². The maximum atomic E-state index is 12.3. The van der Waals surface area contributed by atoms with Crippen LogP contribution in [0.5, 0.6) is 11.5 Å². The maximum absolute atomic E-state index is 12.3. The van der Waals surface area contributed by atoms with Crippen LogP contribution in [0.4, 0.5) is 0 Å². The Balaban J connectivity index is 1.59. The average Bonchev–Trinajstić information content (AvgIpc) is 3.77. The number of hydrogen-bond donors (Lipinski definition) is 2. The second-order valence-electron chi connectivity index (χ2n) is 8.96. The molecule has 0 bridgehead atoms. The lowest BCUT2D eigenvalue weighted by molar-refractivity contribution is -0.156. The van der Waals surface area contributed by atoms with Crippen LogP contribution in [0.25, 0.3) is 0 Å². The Bertz CT molecular complexity index is 1200. The lowest BCUT2D eigenvalue weighted by Crippen LogP contribution is -2.32. The van der Waals surface area contributed by atoms with Gasteiger partial charge in [-0.1, -0.05) is 6.07 Å². The Labute approximate surface area is 280 Å². The number of carbonyl (C=O) groups is 6. The highest BCUT2D eigenvalue weighted by atomic mass is 32.2. The molecule has 2 saturated heterocycles. The minimum Gasteiger partial charge on any atom is -0.489 e. The quantitative estimate of drug-likeness (QED) is 0.127. The van der Waals surface area contributed by atoms with E-state index in [1.165, 1.54) is 53.1 Å². The van der Waals surface area contributed by atoms with Crippen LogP contribution in [0.2, 0.25) is 0 Å². The molecule has 46 heavy (non-hydrogen) atoms. The molecule has 18 heteroatoms. The van der Waals surface area contributed by atoms with Crippen LogP contribution in [-0.4, -0.2) is 117 Å². The van der Waals surface area contributed by atoms with Gasteiger partial charge >= 0.3 is 35.8 Å². The zero-order valence-corrected chi connectivity index (χ0v) is 27.3. The summed E-state index contributed by atoms with van der Waals surface area (Å²) >= 11 is 5.76. The zero-order valence-electron chi connectivity index (χ0n) is 24.0. The molecule has 2 aliphatic heterocycles. The van der Waals surface area contributed by atoms with Crippen molar-refractivity contribution in [3.8, 4) is 11.5 Å². The molecule has 2 heterocycles. The van der Waals surface area contributed by atoms with E-state index in [1.807, 2.05) is 0 Å². The van der Waals surface area contributed by atoms with E-state index < -0.39 is 57.2 Å². The lowest BCUT2D eigenvalue weighted by atomic mass is 10.3. The normalized spacial score (nSPS) is 16.5. The topological polar surface area (TPSA) is 198 Å². The highest BCUT2D eigenvalue weighted by Crippen LogP contribution is 2.33. The summed E-state index contributed by atoms with van der Waals surface area (Å²) in [6, 6.07) is 6.20. The van der Waals surface area contributed by atoms with Crippen molar-refractivity contribution >= 4 is 82.9 Å². The van der Waals surface area contributed by atoms with Gasteiger partial charge in [-0.2, -0.15) is 0 Å². The van der Waals surface area contributed by atoms with Gasteiger partial charge < -0.3 is 38.6 Å². The van der Waals surface area contributed by atoms with Crippen molar-refractivity contribution < 1.29 is 67.4 Å². The van der Waals surface area contributed by atoms with Crippen LogP contribution in [0, 0.1) is 0 Å². The number of aliphatic carboxylic acids is 2. The molecular weight excluding hydrogens is 689 g/mol. The van der Waals surface area contributed by atoms with E-state index in [0.717, 1.165) is 35.2 Å². The fourth-order valence-electron chi connectivity index (χ4n) is 3.43. The summed E-state index contributed by atoms with van der Waals surface area (Å²) in [7, 11) is 0. The summed E-state index contributed by atoms with van der Waals surface area (Å²) in [4.78, 5) is 70.3. The maximum Gasteiger partial charge on any atom is 0.331 e. The van der Waals surface area contributed by atoms with E-state index in [-0.39, 0.29) is 37.9 Å². The molecule has 14 nitrogen and oxygen atoms in total. The average molecular weight is 719 g/mol. The molecule has 2 unspecified atom stereocenters. The van der Waals surface area contributed by atoms with Crippen molar-refractivity contribution in [2.75, 3.05) is 49.4 Å². The van der Waals surface area contributed by atoms with Gasteiger partial charge in [0.15, 0.2) is 12.2 Å². The van der Waals surface area contributed by atoms with Gasteiger partial charge in [0.05, 0.1) is 0 Å². The highest BCUT2D eigenvalue weighted by Gasteiger charge is 2.28. The van der Waals surface area contributed by atoms with Crippen LogP contribution in [0.1, 0.15) is 0 Å².